The molecule has 0 aliphatic heterocycles. The van der Waals surface area contributed by atoms with Crippen molar-refractivity contribution in [1.82, 2.24) is 4.90 Å². The van der Waals surface area contributed by atoms with Crippen LogP contribution in [0.4, 0.5) is 13.2 Å². The highest BCUT2D eigenvalue weighted by Crippen LogP contribution is 2.19. The van der Waals surface area contributed by atoms with Crippen molar-refractivity contribution < 1.29 is 18.0 Å². The summed E-state index contributed by atoms with van der Waals surface area (Å²) in [6.07, 6.45) is 1.27. The molecule has 142 valence electrons. The lowest BCUT2D eigenvalue weighted by atomic mass is 10.2. The first-order chi connectivity index (χ1) is 12.8. The quantitative estimate of drug-likeness (QED) is 0.559. The number of nitrogens with zero attached hydrogens (tertiary/aromatic N) is 1. The third-order valence-electron chi connectivity index (χ3n) is 3.50. The fourth-order valence-electron chi connectivity index (χ4n) is 2.27. The number of benzene rings is 2. The second-order valence-corrected chi connectivity index (χ2v) is 6.50. The molecule has 0 saturated carbocycles. The van der Waals surface area contributed by atoms with Crippen LogP contribution in [0.1, 0.15) is 11.1 Å². The molecule has 1 amide bonds. The third-order valence-corrected chi connectivity index (χ3v) is 3.97. The Morgan fingerprint density at radius 1 is 0.889 bits per heavy atom. The summed E-state index contributed by atoms with van der Waals surface area (Å²) in [6.45, 7) is -0.379. The molecule has 2 aromatic rings. The molecule has 2 nitrogen and oxygen atoms in total. The van der Waals surface area contributed by atoms with Crippen LogP contribution in [-0.4, -0.2) is 30.1 Å². The average Bonchev–Trinajstić information content (AvgIpc) is 2.59. The van der Waals surface area contributed by atoms with Gasteiger partial charge in [-0.1, -0.05) is 71.8 Å². The Morgan fingerprint density at radius 3 is 1.70 bits per heavy atom. The van der Waals surface area contributed by atoms with Crippen LogP contribution in [0.25, 0.3) is 12.2 Å². The highest BCUT2D eigenvalue weighted by molar-refractivity contribution is 6.31. The number of hydrogen-bond donors (Lipinski definition) is 0. The Labute approximate surface area is 165 Å². The number of hydrogen-bond acceptors (Lipinski definition) is 1. The van der Waals surface area contributed by atoms with Crippen molar-refractivity contribution in [3.05, 3.63) is 81.9 Å². The zero-order chi connectivity index (χ0) is 19.9. The zero-order valence-corrected chi connectivity index (χ0v) is 15.6. The third kappa shape index (κ3) is 7.12. The minimum absolute atomic E-state index is 0.190. The minimum atomic E-state index is -4.94. The van der Waals surface area contributed by atoms with Crippen LogP contribution in [0.15, 0.2) is 60.7 Å². The Kier molecular flexibility index (Phi) is 7.51. The van der Waals surface area contributed by atoms with Crippen LogP contribution in [0.3, 0.4) is 0 Å². The number of amides is 1. The van der Waals surface area contributed by atoms with Gasteiger partial charge in [0.2, 0.25) is 0 Å². The van der Waals surface area contributed by atoms with Crippen LogP contribution in [0.5, 0.6) is 0 Å². The first kappa shape index (κ1) is 21.1. The van der Waals surface area contributed by atoms with E-state index in [2.05, 4.69) is 0 Å². The van der Waals surface area contributed by atoms with Gasteiger partial charge in [0.15, 0.2) is 0 Å². The smallest absolute Gasteiger partial charge is 0.327 e. The van der Waals surface area contributed by atoms with E-state index in [1.54, 1.807) is 60.7 Å². The molecule has 0 N–H and O–H groups in total. The van der Waals surface area contributed by atoms with Gasteiger partial charge in [0.05, 0.1) is 0 Å². The second kappa shape index (κ2) is 9.62. The largest absolute Gasteiger partial charge is 0.471 e. The number of halogens is 5. The van der Waals surface area contributed by atoms with E-state index in [-0.39, 0.29) is 13.1 Å². The van der Waals surface area contributed by atoms with Crippen molar-refractivity contribution in [1.29, 1.82) is 0 Å². The SMILES string of the molecule is O=C(N(C/C=C/c1cccc(Cl)c1)C/C=C/c1cccc(Cl)c1)C(F)(F)F. The van der Waals surface area contributed by atoms with E-state index in [1.165, 1.54) is 12.2 Å². The highest BCUT2D eigenvalue weighted by Gasteiger charge is 2.41. The number of carbonyl (C=O) groups is 1. The van der Waals surface area contributed by atoms with Gasteiger partial charge in [-0.3, -0.25) is 4.79 Å². The minimum Gasteiger partial charge on any atom is -0.327 e. The van der Waals surface area contributed by atoms with Crippen molar-refractivity contribution >= 4 is 41.3 Å². The molecule has 0 aromatic heterocycles. The fraction of sp³-hybridized carbons (Fsp3) is 0.150. The lowest BCUT2D eigenvalue weighted by Gasteiger charge is -2.20. The van der Waals surface area contributed by atoms with E-state index in [0.29, 0.717) is 14.9 Å². The van der Waals surface area contributed by atoms with Crippen LogP contribution in [-0.2, 0) is 4.79 Å². The van der Waals surface area contributed by atoms with Gasteiger partial charge in [-0.2, -0.15) is 13.2 Å². The maximum Gasteiger partial charge on any atom is 0.471 e. The normalized spacial score (nSPS) is 12.0. The lowest BCUT2D eigenvalue weighted by Crippen LogP contribution is -2.41. The van der Waals surface area contributed by atoms with E-state index < -0.39 is 12.1 Å². The molecule has 2 rings (SSSR count). The summed E-state index contributed by atoms with van der Waals surface area (Å²) in [4.78, 5) is 12.4. The predicted molar refractivity (Wildman–Crippen MR) is 104 cm³/mol. The lowest BCUT2D eigenvalue weighted by molar-refractivity contribution is -0.184. The van der Waals surface area contributed by atoms with Crippen LogP contribution < -0.4 is 0 Å². The van der Waals surface area contributed by atoms with Gasteiger partial charge in [-0.15, -0.1) is 0 Å². The molecular weight excluding hydrogens is 398 g/mol. The maximum atomic E-state index is 12.8. The molecular formula is C20H16Cl2F3NO. The Hall–Kier alpha value is -2.24. The molecule has 27 heavy (non-hydrogen) atoms. The maximum absolute atomic E-state index is 12.8. The zero-order valence-electron chi connectivity index (χ0n) is 14.1. The van der Waals surface area contributed by atoms with Gasteiger partial charge in [0, 0.05) is 23.1 Å². The molecule has 0 aliphatic carbocycles. The topological polar surface area (TPSA) is 20.3 Å². The molecule has 2 aromatic carbocycles. The van der Waals surface area contributed by atoms with Crippen molar-refractivity contribution in [3.8, 4) is 0 Å². The van der Waals surface area contributed by atoms with E-state index in [4.69, 9.17) is 23.2 Å². The molecule has 7 heteroatoms. The average molecular weight is 414 g/mol. The van der Waals surface area contributed by atoms with E-state index in [9.17, 15) is 18.0 Å². The summed E-state index contributed by atoms with van der Waals surface area (Å²) in [6, 6.07) is 13.7. The fourth-order valence-corrected chi connectivity index (χ4v) is 2.67. The van der Waals surface area contributed by atoms with E-state index in [1.807, 2.05) is 0 Å². The molecule has 0 aliphatic rings. The van der Waals surface area contributed by atoms with Crippen molar-refractivity contribution in [2.45, 2.75) is 6.18 Å². The molecule has 0 fully saturated rings. The van der Waals surface area contributed by atoms with Crippen molar-refractivity contribution in [3.63, 3.8) is 0 Å². The Morgan fingerprint density at radius 2 is 1.33 bits per heavy atom. The van der Waals surface area contributed by atoms with Gasteiger partial charge in [-0.25, -0.2) is 0 Å². The van der Waals surface area contributed by atoms with Gasteiger partial charge < -0.3 is 4.90 Å². The summed E-state index contributed by atoms with van der Waals surface area (Å²) in [5.74, 6) is -1.89. The number of alkyl halides is 3. The molecule has 0 spiro atoms. The van der Waals surface area contributed by atoms with Gasteiger partial charge in [0.1, 0.15) is 0 Å². The van der Waals surface area contributed by atoms with Crippen LogP contribution in [0.2, 0.25) is 10.0 Å². The summed E-state index contributed by atoms with van der Waals surface area (Å²) < 4.78 is 38.5. The monoisotopic (exact) mass is 413 g/mol. The van der Waals surface area contributed by atoms with Gasteiger partial charge in [-0.05, 0) is 35.4 Å². The Balaban J connectivity index is 2.08. The number of carbonyl (C=O) groups excluding carboxylic acids is 1. The second-order valence-electron chi connectivity index (χ2n) is 5.62. The summed E-state index contributed by atoms with van der Waals surface area (Å²) in [5, 5.41) is 1.04. The highest BCUT2D eigenvalue weighted by atomic mass is 35.5. The summed E-state index contributed by atoms with van der Waals surface area (Å²) >= 11 is 11.7. The van der Waals surface area contributed by atoms with Crippen LogP contribution >= 0.6 is 23.2 Å². The molecule has 0 unspecified atom stereocenters. The number of rotatable bonds is 6. The molecule has 0 radical (unpaired) electrons. The molecule has 0 saturated heterocycles. The molecule has 0 bridgehead atoms. The van der Waals surface area contributed by atoms with Gasteiger partial charge >= 0.3 is 12.1 Å². The standard InChI is InChI=1S/C20H16Cl2F3NO/c21-17-9-1-5-15(13-17)7-3-11-26(19(27)20(23,24)25)12-4-8-16-6-2-10-18(22)14-16/h1-10,13-14H,11-12H2/b7-3+,8-4+. The van der Waals surface area contributed by atoms with E-state index in [0.717, 1.165) is 11.1 Å². The van der Waals surface area contributed by atoms with Gasteiger partial charge in [0.25, 0.3) is 0 Å². The van der Waals surface area contributed by atoms with Crippen molar-refractivity contribution in [2.75, 3.05) is 13.1 Å². The molecule has 0 heterocycles. The Bertz CT molecular complexity index is 790. The predicted octanol–water partition coefficient (Wildman–Crippen LogP) is 6.11. The summed E-state index contributed by atoms with van der Waals surface area (Å²) in [5.41, 5.74) is 1.47. The first-order valence-corrected chi connectivity index (χ1v) is 8.71. The van der Waals surface area contributed by atoms with Crippen LogP contribution in [0, 0.1) is 0 Å². The first-order valence-electron chi connectivity index (χ1n) is 7.96. The molecule has 0 atom stereocenters. The summed E-state index contributed by atoms with van der Waals surface area (Å²) in [7, 11) is 0. The van der Waals surface area contributed by atoms with Crippen molar-refractivity contribution in [2.24, 2.45) is 0 Å². The van der Waals surface area contributed by atoms with E-state index >= 15 is 0 Å².